The summed E-state index contributed by atoms with van der Waals surface area (Å²) in [6, 6.07) is 19.6. The number of amides is 1. The Balaban J connectivity index is 1.85. The summed E-state index contributed by atoms with van der Waals surface area (Å²) in [6.07, 6.45) is 0.182. The summed E-state index contributed by atoms with van der Waals surface area (Å²) >= 11 is 9.54. The number of halogens is 2. The molecule has 0 fully saturated rings. The Kier molecular flexibility index (Phi) is 8.53. The summed E-state index contributed by atoms with van der Waals surface area (Å²) in [5, 5.41) is 3.07. The molecule has 0 heterocycles. The third-order valence-corrected chi connectivity index (χ3v) is 7.30. The zero-order chi connectivity index (χ0) is 24.0. The minimum absolute atomic E-state index is 0.0563. The predicted molar refractivity (Wildman–Crippen MR) is 133 cm³/mol. The maximum atomic E-state index is 13.2. The van der Waals surface area contributed by atoms with E-state index in [0.717, 1.165) is 15.6 Å². The average molecular weight is 552 g/mol. The lowest BCUT2D eigenvalue weighted by molar-refractivity contribution is -0.123. The van der Waals surface area contributed by atoms with Crippen molar-refractivity contribution in [2.75, 3.05) is 7.11 Å². The molecule has 2 N–H and O–H groups in total. The Morgan fingerprint density at radius 2 is 1.79 bits per heavy atom. The largest absolute Gasteiger partial charge is 0.495 e. The molecule has 9 heteroatoms. The highest BCUT2D eigenvalue weighted by Gasteiger charge is 2.27. The maximum absolute atomic E-state index is 13.2. The Morgan fingerprint density at radius 3 is 2.42 bits per heavy atom. The molecule has 0 aromatic heterocycles. The number of hydrogen-bond donors (Lipinski definition) is 2. The van der Waals surface area contributed by atoms with E-state index < -0.39 is 22.0 Å². The number of carbonyl (C=O) groups is 1. The van der Waals surface area contributed by atoms with Crippen LogP contribution in [0.15, 0.2) is 82.2 Å². The summed E-state index contributed by atoms with van der Waals surface area (Å²) in [4.78, 5) is 13.1. The molecule has 0 saturated heterocycles. The number of hydrogen-bond acceptors (Lipinski definition) is 4. The summed E-state index contributed by atoms with van der Waals surface area (Å²) in [5.74, 6) is -0.0773. The van der Waals surface area contributed by atoms with Crippen molar-refractivity contribution < 1.29 is 17.9 Å². The third-order valence-electron chi connectivity index (χ3n) is 5.04. The van der Waals surface area contributed by atoms with Crippen LogP contribution < -0.4 is 14.8 Å². The highest BCUT2D eigenvalue weighted by Crippen LogP contribution is 2.27. The second-order valence-corrected chi connectivity index (χ2v) is 10.5. The van der Waals surface area contributed by atoms with Crippen LogP contribution in [0.1, 0.15) is 24.1 Å². The molecular formula is C24H24BrClN2O4S. The fourth-order valence-electron chi connectivity index (χ4n) is 3.28. The van der Waals surface area contributed by atoms with Gasteiger partial charge in [0.1, 0.15) is 11.8 Å². The van der Waals surface area contributed by atoms with Gasteiger partial charge in [-0.25, -0.2) is 8.42 Å². The fraction of sp³-hybridized carbons (Fsp3) is 0.208. The van der Waals surface area contributed by atoms with Gasteiger partial charge in [-0.15, -0.1) is 0 Å². The molecule has 6 nitrogen and oxygen atoms in total. The van der Waals surface area contributed by atoms with E-state index in [1.165, 1.54) is 25.3 Å². The van der Waals surface area contributed by atoms with Gasteiger partial charge in [-0.05, 0) is 54.8 Å². The number of benzene rings is 3. The second-order valence-electron chi connectivity index (χ2n) is 7.45. The first-order valence-corrected chi connectivity index (χ1v) is 12.8. The molecule has 33 heavy (non-hydrogen) atoms. The summed E-state index contributed by atoms with van der Waals surface area (Å²) in [6.45, 7) is 1.84. The lowest BCUT2D eigenvalue weighted by Gasteiger charge is -2.22. The van der Waals surface area contributed by atoms with E-state index >= 15 is 0 Å². The molecule has 0 aliphatic carbocycles. The zero-order valence-corrected chi connectivity index (χ0v) is 21.2. The van der Waals surface area contributed by atoms with Gasteiger partial charge in [-0.2, -0.15) is 4.72 Å². The van der Waals surface area contributed by atoms with Crippen molar-refractivity contribution in [1.29, 1.82) is 0 Å². The zero-order valence-electron chi connectivity index (χ0n) is 18.1. The van der Waals surface area contributed by atoms with Crippen molar-refractivity contribution in [3.05, 3.63) is 93.4 Å². The first kappa shape index (κ1) is 25.2. The fourth-order valence-corrected chi connectivity index (χ4v) is 5.24. The van der Waals surface area contributed by atoms with Crippen LogP contribution in [-0.4, -0.2) is 27.5 Å². The number of nitrogens with one attached hydrogen (secondary N) is 2. The van der Waals surface area contributed by atoms with Gasteiger partial charge in [0.15, 0.2) is 0 Å². The molecule has 0 spiro atoms. The Bertz CT molecular complexity index is 1220. The van der Waals surface area contributed by atoms with Crippen molar-refractivity contribution in [2.45, 2.75) is 30.3 Å². The Morgan fingerprint density at radius 1 is 1.06 bits per heavy atom. The van der Waals surface area contributed by atoms with Gasteiger partial charge in [-0.1, -0.05) is 70.0 Å². The van der Waals surface area contributed by atoms with Crippen LogP contribution in [0.5, 0.6) is 5.75 Å². The summed E-state index contributed by atoms with van der Waals surface area (Å²) in [7, 11) is -2.59. The van der Waals surface area contributed by atoms with E-state index in [0.29, 0.717) is 5.75 Å². The number of rotatable bonds is 9. The molecule has 0 saturated carbocycles. The van der Waals surface area contributed by atoms with Crippen molar-refractivity contribution in [2.24, 2.45) is 0 Å². The Labute approximate surface area is 207 Å². The maximum Gasteiger partial charge on any atom is 0.241 e. The molecule has 3 aromatic carbocycles. The highest BCUT2D eigenvalue weighted by atomic mass is 79.9. The van der Waals surface area contributed by atoms with E-state index in [1.54, 1.807) is 0 Å². The number of methoxy groups -OCH3 is 1. The molecule has 174 valence electrons. The van der Waals surface area contributed by atoms with Gasteiger partial charge in [0.05, 0.1) is 23.1 Å². The molecule has 2 atom stereocenters. The van der Waals surface area contributed by atoms with E-state index in [4.69, 9.17) is 16.3 Å². The van der Waals surface area contributed by atoms with Gasteiger partial charge < -0.3 is 10.1 Å². The molecule has 0 aliphatic rings. The minimum Gasteiger partial charge on any atom is -0.495 e. The monoisotopic (exact) mass is 550 g/mol. The van der Waals surface area contributed by atoms with E-state index in [9.17, 15) is 13.2 Å². The van der Waals surface area contributed by atoms with Crippen molar-refractivity contribution in [3.63, 3.8) is 0 Å². The second kappa shape index (κ2) is 11.2. The average Bonchev–Trinajstić information content (AvgIpc) is 2.79. The number of carbonyl (C=O) groups excluding carboxylic acids is 1. The standard InChI is InChI=1S/C24H24BrClN2O4S/c1-16(18-9-6-10-19(25)14-18)27-24(29)22(13-17-7-4-3-5-8-17)28-33(30,31)20-11-12-23(32-2)21(26)15-20/h3-12,14-16,22,28H,13H2,1-2H3,(H,27,29). The molecule has 3 aromatic rings. The summed E-state index contributed by atoms with van der Waals surface area (Å²) < 4.78 is 34.7. The quantitative estimate of drug-likeness (QED) is 0.397. The van der Waals surface area contributed by atoms with Gasteiger partial charge in [0.25, 0.3) is 0 Å². The SMILES string of the molecule is COc1ccc(S(=O)(=O)NC(Cc2ccccc2)C(=O)NC(C)c2cccc(Br)c2)cc1Cl. The Hall–Kier alpha value is -2.39. The lowest BCUT2D eigenvalue weighted by Crippen LogP contribution is -2.48. The van der Waals surface area contributed by atoms with Crippen molar-refractivity contribution >= 4 is 43.5 Å². The minimum atomic E-state index is -4.04. The number of sulfonamides is 1. The lowest BCUT2D eigenvalue weighted by atomic mass is 10.0. The third kappa shape index (κ3) is 6.80. The van der Waals surface area contributed by atoms with Crippen LogP contribution in [0.25, 0.3) is 0 Å². The molecule has 3 rings (SSSR count). The molecule has 0 bridgehead atoms. The first-order valence-electron chi connectivity index (χ1n) is 10.1. The van der Waals surface area contributed by atoms with Crippen LogP contribution >= 0.6 is 27.5 Å². The normalized spacial score (nSPS) is 13.2. The van der Waals surface area contributed by atoms with Crippen LogP contribution in [0.4, 0.5) is 0 Å². The molecule has 0 radical (unpaired) electrons. The van der Waals surface area contributed by atoms with Crippen LogP contribution in [0.3, 0.4) is 0 Å². The molecule has 1 amide bonds. The van der Waals surface area contributed by atoms with Gasteiger partial charge in [0.2, 0.25) is 15.9 Å². The van der Waals surface area contributed by atoms with Crippen molar-refractivity contribution in [3.8, 4) is 5.75 Å². The van der Waals surface area contributed by atoms with Gasteiger partial charge in [-0.3, -0.25) is 4.79 Å². The van der Waals surface area contributed by atoms with Crippen molar-refractivity contribution in [1.82, 2.24) is 10.0 Å². The van der Waals surface area contributed by atoms with E-state index in [-0.39, 0.29) is 22.4 Å². The molecule has 2 unspecified atom stereocenters. The smallest absolute Gasteiger partial charge is 0.241 e. The van der Waals surface area contributed by atoms with Crippen LogP contribution in [-0.2, 0) is 21.2 Å². The van der Waals surface area contributed by atoms with E-state index in [1.807, 2.05) is 61.5 Å². The number of ether oxygens (including phenoxy) is 1. The van der Waals surface area contributed by atoms with Crippen LogP contribution in [0.2, 0.25) is 5.02 Å². The molecular weight excluding hydrogens is 528 g/mol. The topological polar surface area (TPSA) is 84.5 Å². The van der Waals surface area contributed by atoms with Crippen LogP contribution in [0, 0.1) is 0 Å². The predicted octanol–water partition coefficient (Wildman–Crippen LogP) is 4.88. The molecule has 0 aliphatic heterocycles. The summed E-state index contributed by atoms with van der Waals surface area (Å²) in [5.41, 5.74) is 1.71. The highest BCUT2D eigenvalue weighted by molar-refractivity contribution is 9.10. The van der Waals surface area contributed by atoms with E-state index in [2.05, 4.69) is 26.0 Å². The van der Waals surface area contributed by atoms with Gasteiger partial charge >= 0.3 is 0 Å². The van der Waals surface area contributed by atoms with Gasteiger partial charge in [0, 0.05) is 4.47 Å². The first-order chi connectivity index (χ1) is 15.7.